The minimum absolute atomic E-state index is 0.373. The van der Waals surface area contributed by atoms with Crippen LogP contribution in [0.2, 0.25) is 0 Å². The molecule has 0 spiro atoms. The highest BCUT2D eigenvalue weighted by Gasteiger charge is 2.40. The van der Waals surface area contributed by atoms with Gasteiger partial charge in [0, 0.05) is 41.9 Å². The van der Waals surface area contributed by atoms with Gasteiger partial charge >= 0.3 is 6.09 Å². The quantitative estimate of drug-likeness (QED) is 0.382. The number of amides is 1. The molecular weight excluding hydrogens is 440 g/mol. The van der Waals surface area contributed by atoms with Gasteiger partial charge < -0.3 is 15.0 Å². The third-order valence-electron chi connectivity index (χ3n) is 6.71. The van der Waals surface area contributed by atoms with E-state index in [1.807, 2.05) is 62.5 Å². The van der Waals surface area contributed by atoms with Gasteiger partial charge in [0.15, 0.2) is 11.5 Å². The van der Waals surface area contributed by atoms with Crippen molar-refractivity contribution in [3.63, 3.8) is 0 Å². The highest BCUT2D eigenvalue weighted by molar-refractivity contribution is 5.90. The number of carbonyl (C=O) groups excluding carboxylic acids is 1. The maximum absolute atomic E-state index is 12.6. The maximum Gasteiger partial charge on any atom is 0.414 e. The number of ether oxygens (including phenoxy) is 1. The maximum atomic E-state index is 12.6. The molecule has 4 heterocycles. The van der Waals surface area contributed by atoms with Gasteiger partial charge in [-0.15, -0.1) is 0 Å². The number of anilines is 1. The summed E-state index contributed by atoms with van der Waals surface area (Å²) in [5.74, 6) is 0.853. The Bertz CT molecular complexity index is 1500. The Kier molecular flexibility index (Phi) is 4.59. The van der Waals surface area contributed by atoms with Gasteiger partial charge in [-0.05, 0) is 49.2 Å². The van der Waals surface area contributed by atoms with Crippen LogP contribution in [0, 0.1) is 6.57 Å². The van der Waals surface area contributed by atoms with Crippen LogP contribution in [0.15, 0.2) is 67.1 Å². The summed E-state index contributed by atoms with van der Waals surface area (Å²) in [6.45, 7) is 12.0. The molecule has 0 aliphatic carbocycles. The Hall–Kier alpha value is -4.35. The molecule has 0 saturated carbocycles. The lowest BCUT2D eigenvalue weighted by molar-refractivity contribution is 0.102. The van der Waals surface area contributed by atoms with Gasteiger partial charge in [-0.1, -0.05) is 24.3 Å². The first-order chi connectivity index (χ1) is 16.8. The molecule has 2 aliphatic rings. The third-order valence-corrected chi connectivity index (χ3v) is 6.71. The topological polar surface area (TPSA) is 82.7 Å². The summed E-state index contributed by atoms with van der Waals surface area (Å²) in [4.78, 5) is 22.4. The van der Waals surface area contributed by atoms with Crippen LogP contribution in [0.1, 0.15) is 19.4 Å². The first kappa shape index (κ1) is 21.2. The fraction of sp³-hybridized carbons (Fsp3) is 0.222. The van der Waals surface area contributed by atoms with Crippen LogP contribution in [0.4, 0.5) is 16.2 Å². The number of nitrogens with zero attached hydrogens (tertiary/aromatic N) is 5. The molecule has 2 N–H and O–H groups in total. The lowest BCUT2D eigenvalue weighted by Gasteiger charge is -2.24. The number of rotatable bonds is 3. The van der Waals surface area contributed by atoms with Gasteiger partial charge in [0.1, 0.15) is 6.10 Å². The van der Waals surface area contributed by atoms with Crippen molar-refractivity contribution in [3.05, 3.63) is 84.1 Å². The van der Waals surface area contributed by atoms with Crippen LogP contribution in [0.25, 0.3) is 33.2 Å². The molecule has 8 heteroatoms. The van der Waals surface area contributed by atoms with Crippen LogP contribution >= 0.6 is 0 Å². The largest absolute Gasteiger partial charge is 0.442 e. The van der Waals surface area contributed by atoms with E-state index >= 15 is 0 Å². The Morgan fingerprint density at radius 1 is 1.14 bits per heavy atom. The molecule has 2 aromatic heterocycles. The predicted molar refractivity (Wildman–Crippen MR) is 134 cm³/mol. The molecule has 0 bridgehead atoms. The lowest BCUT2D eigenvalue weighted by Crippen LogP contribution is -2.47. The number of hydrogen-bond donors (Lipinski definition) is 1. The summed E-state index contributed by atoms with van der Waals surface area (Å²) in [6, 6.07) is 15.7. The van der Waals surface area contributed by atoms with Crippen LogP contribution in [-0.2, 0) is 11.3 Å². The average molecular weight is 465 g/mol. The zero-order valence-corrected chi connectivity index (χ0v) is 19.5. The minimum Gasteiger partial charge on any atom is -0.442 e. The van der Waals surface area contributed by atoms with E-state index in [9.17, 15) is 4.79 Å². The number of carbonyl (C=O) groups is 1. The molecule has 4 aromatic rings. The lowest BCUT2D eigenvalue weighted by atomic mass is 9.99. The van der Waals surface area contributed by atoms with Crippen molar-refractivity contribution in [1.29, 1.82) is 0 Å². The van der Waals surface area contributed by atoms with E-state index in [1.54, 1.807) is 11.1 Å². The van der Waals surface area contributed by atoms with Gasteiger partial charge in [0.25, 0.3) is 0 Å². The van der Waals surface area contributed by atoms with E-state index in [0.717, 1.165) is 39.6 Å². The molecule has 8 nitrogen and oxygen atoms in total. The molecule has 1 amide bonds. The summed E-state index contributed by atoms with van der Waals surface area (Å²) in [5.41, 5.74) is 12.2. The summed E-state index contributed by atoms with van der Waals surface area (Å²) < 4.78 is 9.82. The Morgan fingerprint density at radius 3 is 2.66 bits per heavy atom. The molecule has 174 valence electrons. The van der Waals surface area contributed by atoms with E-state index in [-0.39, 0.29) is 12.2 Å². The molecule has 2 aromatic carbocycles. The summed E-state index contributed by atoms with van der Waals surface area (Å²) in [6.07, 6.45) is 5.11. The molecule has 0 unspecified atom stereocenters. The van der Waals surface area contributed by atoms with Crippen molar-refractivity contribution in [1.82, 2.24) is 14.1 Å². The summed E-state index contributed by atoms with van der Waals surface area (Å²) in [7, 11) is 0. The minimum atomic E-state index is -0.620. The molecule has 1 fully saturated rings. The highest BCUT2D eigenvalue weighted by Crippen LogP contribution is 2.36. The number of cyclic esters (lactones) is 1. The number of aromatic nitrogens is 3. The van der Waals surface area contributed by atoms with Crippen molar-refractivity contribution in [2.75, 3.05) is 11.4 Å². The average Bonchev–Trinajstić information content (AvgIpc) is 3.56. The van der Waals surface area contributed by atoms with Crippen molar-refractivity contribution in [2.45, 2.75) is 32.0 Å². The van der Waals surface area contributed by atoms with Crippen molar-refractivity contribution < 1.29 is 9.53 Å². The first-order valence-electron chi connectivity index (χ1n) is 11.4. The molecule has 2 aliphatic heterocycles. The van der Waals surface area contributed by atoms with Crippen LogP contribution in [0.3, 0.4) is 0 Å². The van der Waals surface area contributed by atoms with Gasteiger partial charge in [0.2, 0.25) is 0 Å². The number of nitrogens with two attached hydrogens (primary N) is 1. The normalized spacial score (nSPS) is 16.7. The third kappa shape index (κ3) is 3.49. The molecule has 35 heavy (non-hydrogen) atoms. The summed E-state index contributed by atoms with van der Waals surface area (Å²) in [5, 5.41) is 0. The van der Waals surface area contributed by atoms with Gasteiger partial charge in [0.05, 0.1) is 24.5 Å². The molecular formula is C27H24N6O2. The number of fused-ring (bicyclic) bond motifs is 5. The zero-order valence-electron chi connectivity index (χ0n) is 19.5. The van der Waals surface area contributed by atoms with Crippen molar-refractivity contribution >= 4 is 17.5 Å². The zero-order chi connectivity index (χ0) is 24.3. The van der Waals surface area contributed by atoms with Crippen molar-refractivity contribution in [2.24, 2.45) is 5.73 Å². The van der Waals surface area contributed by atoms with Gasteiger partial charge in [-0.2, -0.15) is 0 Å². The standard InChI is InChI=1S/C27H24N6O2/c1-27(2,28)24-16-33(26(34)35-24)21-8-9-22-19(12-21)15-31-14-18(17-4-6-20(29-3)7-5-17)13-23(31)25-30-10-11-32(22)25/h4-14,24H,15-16,28H2,1-2H3/t24-/m0/s1. The predicted octanol–water partition coefficient (Wildman–Crippen LogP) is 4.98. The van der Waals surface area contributed by atoms with Crippen molar-refractivity contribution in [3.8, 4) is 28.3 Å². The number of hydrogen-bond acceptors (Lipinski definition) is 4. The van der Waals surface area contributed by atoms with E-state index in [4.69, 9.17) is 17.0 Å². The first-order valence-corrected chi connectivity index (χ1v) is 11.4. The van der Waals surface area contributed by atoms with Crippen LogP contribution in [0.5, 0.6) is 0 Å². The second-order valence-corrected chi connectivity index (χ2v) is 9.64. The second-order valence-electron chi connectivity index (χ2n) is 9.64. The number of benzene rings is 2. The Balaban J connectivity index is 1.40. The molecule has 6 rings (SSSR count). The summed E-state index contributed by atoms with van der Waals surface area (Å²) >= 11 is 0. The van der Waals surface area contributed by atoms with Crippen LogP contribution in [-0.4, -0.2) is 38.4 Å². The number of imidazole rings is 1. The Labute approximate surface area is 203 Å². The van der Waals surface area contributed by atoms with E-state index in [0.29, 0.717) is 18.8 Å². The molecule has 1 atom stereocenters. The van der Waals surface area contributed by atoms with Gasteiger partial charge in [-0.3, -0.25) is 9.47 Å². The SMILES string of the molecule is [C-]#[N+]c1ccc(-c2cc3n(c2)Cc2cc(N4C[C@@H](C(C)(C)N)OC4=O)ccc2-n2ccnc2-3)cc1. The van der Waals surface area contributed by atoms with Crippen LogP contribution < -0.4 is 10.6 Å². The monoisotopic (exact) mass is 464 g/mol. The Morgan fingerprint density at radius 2 is 1.94 bits per heavy atom. The highest BCUT2D eigenvalue weighted by atomic mass is 16.6. The molecule has 1 saturated heterocycles. The van der Waals surface area contributed by atoms with Gasteiger partial charge in [-0.25, -0.2) is 14.6 Å². The van der Waals surface area contributed by atoms with E-state index < -0.39 is 5.54 Å². The molecule has 0 radical (unpaired) electrons. The fourth-order valence-corrected chi connectivity index (χ4v) is 4.75. The fourth-order valence-electron chi connectivity index (χ4n) is 4.75. The smallest absolute Gasteiger partial charge is 0.414 e. The van der Waals surface area contributed by atoms with E-state index in [1.165, 1.54) is 0 Å². The second kappa shape index (κ2) is 7.58. The van der Waals surface area contributed by atoms with E-state index in [2.05, 4.69) is 31.2 Å².